The fourth-order valence-electron chi connectivity index (χ4n) is 1.50. The second-order valence-electron chi connectivity index (χ2n) is 4.35. The Morgan fingerprint density at radius 1 is 1.11 bits per heavy atom. The van der Waals surface area contributed by atoms with Crippen molar-refractivity contribution in [2.45, 2.75) is 19.9 Å². The number of amides is 1. The summed E-state index contributed by atoms with van der Waals surface area (Å²) < 4.78 is 4.55. The van der Waals surface area contributed by atoms with Gasteiger partial charge in [-0.25, -0.2) is 4.79 Å². The molecule has 5 heteroatoms. The van der Waals surface area contributed by atoms with Crippen molar-refractivity contribution in [3.05, 3.63) is 35.9 Å². The zero-order chi connectivity index (χ0) is 14.4. The van der Waals surface area contributed by atoms with Gasteiger partial charge in [0.2, 0.25) is 0 Å². The van der Waals surface area contributed by atoms with E-state index in [-0.39, 0.29) is 11.7 Å². The molecule has 1 aromatic rings. The number of Topliss-reactive ketones (excluding diaryl/α,β-unsaturated/α-hetero) is 1. The summed E-state index contributed by atoms with van der Waals surface area (Å²) in [6.07, 6.45) is 0. The van der Waals surface area contributed by atoms with Crippen molar-refractivity contribution in [1.29, 1.82) is 0 Å². The molecule has 0 bridgehead atoms. The highest BCUT2D eigenvalue weighted by Crippen LogP contribution is 2.04. The Balaban J connectivity index is 2.87. The highest BCUT2D eigenvalue weighted by Gasteiger charge is 2.31. The second-order valence-corrected chi connectivity index (χ2v) is 4.35. The first kappa shape index (κ1) is 14.9. The fourth-order valence-corrected chi connectivity index (χ4v) is 1.50. The number of benzene rings is 1. The molecule has 0 radical (unpaired) electrons. The summed E-state index contributed by atoms with van der Waals surface area (Å²) in [6, 6.07) is 7.11. The molecule has 0 spiro atoms. The van der Waals surface area contributed by atoms with E-state index >= 15 is 0 Å². The van der Waals surface area contributed by atoms with E-state index in [2.05, 4.69) is 10.1 Å². The van der Waals surface area contributed by atoms with Crippen molar-refractivity contribution in [1.82, 2.24) is 5.32 Å². The Morgan fingerprint density at radius 3 is 2.16 bits per heavy atom. The lowest BCUT2D eigenvalue weighted by atomic mass is 10.0. The number of rotatable bonds is 5. The Labute approximate surface area is 111 Å². The molecule has 0 aliphatic heterocycles. The SMILES string of the molecule is COC(=O)[C@H](NC(=O)c1ccccc1)C(=O)C(C)C. The van der Waals surface area contributed by atoms with Crippen LogP contribution in [0, 0.1) is 5.92 Å². The van der Waals surface area contributed by atoms with Gasteiger partial charge in [-0.15, -0.1) is 0 Å². The number of methoxy groups -OCH3 is 1. The highest BCUT2D eigenvalue weighted by atomic mass is 16.5. The van der Waals surface area contributed by atoms with Crippen LogP contribution in [0.5, 0.6) is 0 Å². The van der Waals surface area contributed by atoms with Crippen LogP contribution in [0.2, 0.25) is 0 Å². The summed E-state index contributed by atoms with van der Waals surface area (Å²) in [5.74, 6) is -2.00. The zero-order valence-corrected chi connectivity index (χ0v) is 11.2. The number of hydrogen-bond acceptors (Lipinski definition) is 4. The standard InChI is InChI=1S/C14H17NO4/c1-9(2)12(16)11(14(18)19-3)15-13(17)10-7-5-4-6-8-10/h4-9,11H,1-3H3,(H,15,17)/t11-/m1/s1. The van der Waals surface area contributed by atoms with Crippen molar-refractivity contribution in [2.24, 2.45) is 5.92 Å². The first-order chi connectivity index (χ1) is 8.97. The van der Waals surface area contributed by atoms with Gasteiger partial charge < -0.3 is 10.1 Å². The Morgan fingerprint density at radius 2 is 1.68 bits per heavy atom. The van der Waals surface area contributed by atoms with Crippen LogP contribution in [0.15, 0.2) is 30.3 Å². The van der Waals surface area contributed by atoms with E-state index in [4.69, 9.17) is 0 Å². The molecule has 1 rings (SSSR count). The minimum atomic E-state index is -1.27. The monoisotopic (exact) mass is 263 g/mol. The molecule has 0 aliphatic rings. The molecule has 1 N–H and O–H groups in total. The predicted molar refractivity (Wildman–Crippen MR) is 69.6 cm³/mol. The summed E-state index contributed by atoms with van der Waals surface area (Å²) in [5, 5.41) is 2.40. The van der Waals surface area contributed by atoms with E-state index in [1.54, 1.807) is 44.2 Å². The van der Waals surface area contributed by atoms with Crippen molar-refractivity contribution in [3.63, 3.8) is 0 Å². The molecule has 1 aromatic carbocycles. The minimum Gasteiger partial charge on any atom is -0.467 e. The largest absolute Gasteiger partial charge is 0.467 e. The van der Waals surface area contributed by atoms with Gasteiger partial charge in [0.1, 0.15) is 0 Å². The Bertz CT molecular complexity index is 468. The third-order valence-corrected chi connectivity index (χ3v) is 2.60. The molecule has 0 saturated carbocycles. The average Bonchev–Trinajstić information content (AvgIpc) is 2.43. The molecule has 102 valence electrons. The van der Waals surface area contributed by atoms with Gasteiger partial charge in [-0.05, 0) is 12.1 Å². The van der Waals surface area contributed by atoms with E-state index in [0.29, 0.717) is 5.56 Å². The first-order valence-corrected chi connectivity index (χ1v) is 5.94. The van der Waals surface area contributed by atoms with Gasteiger partial charge in [0.25, 0.3) is 5.91 Å². The van der Waals surface area contributed by atoms with Crippen molar-refractivity contribution in [2.75, 3.05) is 7.11 Å². The topological polar surface area (TPSA) is 72.5 Å². The lowest BCUT2D eigenvalue weighted by Gasteiger charge is -2.17. The molecule has 0 aromatic heterocycles. The first-order valence-electron chi connectivity index (χ1n) is 5.94. The van der Waals surface area contributed by atoms with Crippen LogP contribution < -0.4 is 5.32 Å². The van der Waals surface area contributed by atoms with E-state index in [1.807, 2.05) is 0 Å². The summed E-state index contributed by atoms with van der Waals surface area (Å²) >= 11 is 0. The Kier molecular flexibility index (Phi) is 5.23. The smallest absolute Gasteiger partial charge is 0.336 e. The second kappa shape index (κ2) is 6.68. The number of ketones is 1. The van der Waals surface area contributed by atoms with Gasteiger partial charge in [0.05, 0.1) is 7.11 Å². The summed E-state index contributed by atoms with van der Waals surface area (Å²) in [6.45, 7) is 3.32. The predicted octanol–water partition coefficient (Wildman–Crippen LogP) is 1.18. The van der Waals surface area contributed by atoms with Crippen LogP contribution in [0.4, 0.5) is 0 Å². The third kappa shape index (κ3) is 3.91. The summed E-state index contributed by atoms with van der Waals surface area (Å²) in [7, 11) is 1.18. The quantitative estimate of drug-likeness (QED) is 0.639. The van der Waals surface area contributed by atoms with Crippen molar-refractivity contribution < 1.29 is 19.1 Å². The lowest BCUT2D eigenvalue weighted by molar-refractivity contribution is -0.147. The zero-order valence-electron chi connectivity index (χ0n) is 11.2. The van der Waals surface area contributed by atoms with Crippen LogP contribution in [-0.2, 0) is 14.3 Å². The molecule has 0 aliphatic carbocycles. The maximum atomic E-state index is 11.9. The molecule has 1 atom stereocenters. The van der Waals surface area contributed by atoms with E-state index in [1.165, 1.54) is 7.11 Å². The summed E-state index contributed by atoms with van der Waals surface area (Å²) in [5.41, 5.74) is 0.382. The van der Waals surface area contributed by atoms with Crippen LogP contribution in [0.1, 0.15) is 24.2 Å². The van der Waals surface area contributed by atoms with Crippen LogP contribution in [0.25, 0.3) is 0 Å². The van der Waals surface area contributed by atoms with Crippen molar-refractivity contribution >= 4 is 17.7 Å². The maximum Gasteiger partial charge on any atom is 0.336 e. The van der Waals surface area contributed by atoms with Gasteiger partial charge in [0.15, 0.2) is 11.8 Å². The van der Waals surface area contributed by atoms with E-state index in [9.17, 15) is 14.4 Å². The third-order valence-electron chi connectivity index (χ3n) is 2.60. The summed E-state index contributed by atoms with van der Waals surface area (Å²) in [4.78, 5) is 35.4. The maximum absolute atomic E-state index is 11.9. The number of ether oxygens (including phenoxy) is 1. The van der Waals surface area contributed by atoms with Gasteiger partial charge in [-0.2, -0.15) is 0 Å². The van der Waals surface area contributed by atoms with Gasteiger partial charge in [0, 0.05) is 11.5 Å². The van der Waals surface area contributed by atoms with Crippen LogP contribution >= 0.6 is 0 Å². The molecular weight excluding hydrogens is 246 g/mol. The van der Waals surface area contributed by atoms with Gasteiger partial charge in [-0.1, -0.05) is 32.0 Å². The number of carbonyl (C=O) groups is 3. The number of nitrogens with one attached hydrogen (secondary N) is 1. The normalized spacial score (nSPS) is 11.8. The molecular formula is C14H17NO4. The molecule has 0 unspecified atom stereocenters. The molecule has 19 heavy (non-hydrogen) atoms. The van der Waals surface area contributed by atoms with E-state index < -0.39 is 17.9 Å². The van der Waals surface area contributed by atoms with Crippen LogP contribution in [0.3, 0.4) is 0 Å². The number of esters is 1. The lowest BCUT2D eigenvalue weighted by Crippen LogP contribution is -2.48. The molecule has 0 saturated heterocycles. The average molecular weight is 263 g/mol. The Hall–Kier alpha value is -2.17. The fraction of sp³-hybridized carbons (Fsp3) is 0.357. The molecule has 0 fully saturated rings. The molecule has 5 nitrogen and oxygen atoms in total. The minimum absolute atomic E-state index is 0.375. The van der Waals surface area contributed by atoms with Crippen LogP contribution in [-0.4, -0.2) is 30.8 Å². The van der Waals surface area contributed by atoms with Gasteiger partial charge in [-0.3, -0.25) is 9.59 Å². The number of hydrogen-bond donors (Lipinski definition) is 1. The molecule has 0 heterocycles. The van der Waals surface area contributed by atoms with Gasteiger partial charge >= 0.3 is 5.97 Å². The molecule has 1 amide bonds. The number of carbonyl (C=O) groups excluding carboxylic acids is 3. The highest BCUT2D eigenvalue weighted by molar-refractivity contribution is 6.08. The van der Waals surface area contributed by atoms with E-state index in [0.717, 1.165) is 0 Å². The van der Waals surface area contributed by atoms with Crippen molar-refractivity contribution in [3.8, 4) is 0 Å².